The summed E-state index contributed by atoms with van der Waals surface area (Å²) in [4.78, 5) is 91.7. The third kappa shape index (κ3) is 6.81. The quantitative estimate of drug-likeness (QED) is 0.0397. The second-order valence-electron chi connectivity index (χ2n) is 15.5. The number of quaternary nitrogens is 1. The van der Waals surface area contributed by atoms with Crippen LogP contribution in [0.5, 0.6) is 11.5 Å². The number of aromatic amines is 1. The summed E-state index contributed by atoms with van der Waals surface area (Å²) >= 11 is 2.34. The zero-order valence-corrected chi connectivity index (χ0v) is 33.2. The lowest BCUT2D eigenvalue weighted by Gasteiger charge is -2.51. The van der Waals surface area contributed by atoms with Gasteiger partial charge in [-0.2, -0.15) is 0 Å². The van der Waals surface area contributed by atoms with Crippen LogP contribution in [0.1, 0.15) is 55.2 Å². The number of phenolic OH excluding ortho intramolecular Hbond substituents is 2. The average Bonchev–Trinajstić information content (AvgIpc) is 3.88. The summed E-state index contributed by atoms with van der Waals surface area (Å²) in [5, 5.41) is 50.0. The lowest BCUT2D eigenvalue weighted by Crippen LogP contribution is -2.71. The molecule has 3 fully saturated rings. The molecular weight excluding hydrogens is 797 g/mol. The van der Waals surface area contributed by atoms with Crippen molar-refractivity contribution in [2.45, 2.75) is 55.9 Å². The minimum atomic E-state index is -1.81. The van der Waals surface area contributed by atoms with Crippen molar-refractivity contribution < 1.29 is 53.7 Å². The largest absolute Gasteiger partial charge is 0.504 e. The third-order valence-corrected chi connectivity index (χ3v) is 13.5. The second kappa shape index (κ2) is 14.5. The van der Waals surface area contributed by atoms with Gasteiger partial charge in [-0.1, -0.05) is 17.8 Å². The first-order valence-electron chi connectivity index (χ1n) is 18.1. The third-order valence-electron chi connectivity index (χ3n) is 11.4. The van der Waals surface area contributed by atoms with Crippen LogP contribution in [-0.4, -0.2) is 130 Å². The molecule has 0 aliphatic carbocycles. The van der Waals surface area contributed by atoms with Crippen LogP contribution >= 0.6 is 23.1 Å². The van der Waals surface area contributed by atoms with Gasteiger partial charge in [0.05, 0.1) is 30.5 Å². The van der Waals surface area contributed by atoms with E-state index in [2.05, 4.69) is 32.3 Å². The number of carboxylic acid groups (broad SMARTS) is 2. The standard InChI is InChI=1S/C37H40N8O11S2/c1-5-17-23-20(10-22(46)27(17)47)39-11-18(28(23)48)29(49)40-14-37-6-8-45(15-37,9-7-37)12-19-16(2)58-32-25(31(51)44(32)26(19)33(52)53)42-30(50)24(21-13-57-35(38)41-21)43-56-36(3,4)34(54)55/h5,10-11,13,16,25,32H,1,6-9,12,14-15H2,2-4H3,(H8-,38,39,40,41,42,43,46,47,48,49,50,52,53,54,55)/p+1/t16-,25+,32+,37?,45?/m0/s1. The number of carbonyl (C=O) groups excluding carboxylic acids is 3. The molecule has 19 nitrogen and oxygen atoms in total. The van der Waals surface area contributed by atoms with Crippen LogP contribution in [0.15, 0.2) is 45.4 Å². The highest BCUT2D eigenvalue weighted by Crippen LogP contribution is 2.49. The minimum absolute atomic E-state index is 0.000297. The molecule has 3 aromatic rings. The number of nitrogens with two attached hydrogens (primary N) is 1. The van der Waals surface area contributed by atoms with E-state index in [4.69, 9.17) is 10.6 Å². The summed E-state index contributed by atoms with van der Waals surface area (Å²) in [5.41, 5.74) is 3.06. The lowest BCUT2D eigenvalue weighted by atomic mass is 9.84. The first-order valence-corrected chi connectivity index (χ1v) is 20.0. The van der Waals surface area contributed by atoms with E-state index in [-0.39, 0.29) is 55.8 Å². The van der Waals surface area contributed by atoms with Crippen molar-refractivity contribution in [2.75, 3.05) is 38.5 Å². The molecule has 0 saturated carbocycles. The number of aromatic nitrogens is 2. The van der Waals surface area contributed by atoms with Gasteiger partial charge in [-0.25, -0.2) is 14.6 Å². The van der Waals surface area contributed by atoms with E-state index in [0.29, 0.717) is 36.2 Å². The number of amides is 3. The maximum absolute atomic E-state index is 13.7. The fourth-order valence-electron chi connectivity index (χ4n) is 8.20. The number of H-pyrrole nitrogens is 1. The summed E-state index contributed by atoms with van der Waals surface area (Å²) in [7, 11) is 0. The van der Waals surface area contributed by atoms with E-state index in [0.717, 1.165) is 24.2 Å². The highest BCUT2D eigenvalue weighted by atomic mass is 32.2. The van der Waals surface area contributed by atoms with Crippen LogP contribution in [0.25, 0.3) is 17.0 Å². The number of nitrogen functional groups attached to an aromatic ring is 1. The van der Waals surface area contributed by atoms with Crippen molar-refractivity contribution in [1.82, 2.24) is 25.5 Å². The molecule has 58 heavy (non-hydrogen) atoms. The summed E-state index contributed by atoms with van der Waals surface area (Å²) in [6, 6.07) is 0.0554. The number of aliphatic carboxylic acids is 2. The lowest BCUT2D eigenvalue weighted by molar-refractivity contribution is -0.905. The zero-order valence-electron chi connectivity index (χ0n) is 31.5. The van der Waals surface area contributed by atoms with Gasteiger partial charge in [-0.15, -0.1) is 23.1 Å². The topological polar surface area (TPSA) is 287 Å². The first kappa shape index (κ1) is 40.3. The Bertz CT molecular complexity index is 2430. The van der Waals surface area contributed by atoms with Gasteiger partial charge in [0.2, 0.25) is 11.0 Å². The highest BCUT2D eigenvalue weighted by molar-refractivity contribution is 8.00. The number of β-lactam (4-membered cyclic amide) rings is 1. The van der Waals surface area contributed by atoms with Crippen LogP contribution in [0.3, 0.4) is 0 Å². The van der Waals surface area contributed by atoms with Crippen LogP contribution in [0.2, 0.25) is 0 Å². The van der Waals surface area contributed by atoms with Crippen molar-refractivity contribution in [3.05, 3.63) is 62.5 Å². The normalized spacial score (nSPS) is 25.3. The van der Waals surface area contributed by atoms with Crippen LogP contribution in [0, 0.1) is 5.41 Å². The van der Waals surface area contributed by atoms with E-state index < -0.39 is 69.3 Å². The molecule has 3 amide bonds. The number of aromatic hydroxyl groups is 2. The van der Waals surface area contributed by atoms with Crippen LogP contribution in [0.4, 0.5) is 5.13 Å². The monoisotopic (exact) mass is 837 g/mol. The van der Waals surface area contributed by atoms with Crippen molar-refractivity contribution in [3.63, 3.8) is 0 Å². The minimum Gasteiger partial charge on any atom is -0.504 e. The van der Waals surface area contributed by atoms with E-state index in [1.807, 2.05) is 6.92 Å². The molecule has 4 aliphatic heterocycles. The van der Waals surface area contributed by atoms with Crippen molar-refractivity contribution in [2.24, 2.45) is 10.6 Å². The molecule has 0 unspecified atom stereocenters. The molecule has 0 radical (unpaired) electrons. The maximum Gasteiger partial charge on any atom is 0.352 e. The van der Waals surface area contributed by atoms with Gasteiger partial charge >= 0.3 is 11.9 Å². The number of nitrogens with one attached hydrogen (secondary N) is 3. The van der Waals surface area contributed by atoms with Gasteiger partial charge < -0.3 is 51.1 Å². The van der Waals surface area contributed by atoms with E-state index in [9.17, 15) is 49.2 Å². The number of hydrogen-bond acceptors (Lipinski definition) is 14. The molecule has 9 N–H and O–H groups in total. The molecular formula is C37H41N8O11S2+. The van der Waals surface area contributed by atoms with Crippen molar-refractivity contribution >= 4 is 80.6 Å². The summed E-state index contributed by atoms with van der Waals surface area (Å²) < 4.78 is 0.547. The van der Waals surface area contributed by atoms with E-state index >= 15 is 0 Å². The Kier molecular flexibility index (Phi) is 10.0. The highest BCUT2D eigenvalue weighted by Gasteiger charge is 2.59. The molecule has 4 aliphatic rings. The number of rotatable bonds is 13. The number of nitrogens with zero attached hydrogens (tertiary/aromatic N) is 4. The Morgan fingerprint density at radius 3 is 2.55 bits per heavy atom. The Labute approximate surface area is 337 Å². The number of pyridine rings is 1. The number of benzene rings is 1. The zero-order chi connectivity index (χ0) is 42.1. The molecule has 0 spiro atoms. The fourth-order valence-corrected chi connectivity index (χ4v) is 10.2. The number of fused-ring (bicyclic) bond motifs is 4. The van der Waals surface area contributed by atoms with Gasteiger partial charge in [0.25, 0.3) is 17.7 Å². The Morgan fingerprint density at radius 1 is 1.22 bits per heavy atom. The fraction of sp³-hybridized carbons (Fsp3) is 0.405. The Morgan fingerprint density at radius 2 is 1.93 bits per heavy atom. The van der Waals surface area contributed by atoms with Gasteiger partial charge in [-0.05, 0) is 20.8 Å². The number of phenols is 2. The molecule has 2 aromatic heterocycles. The summed E-state index contributed by atoms with van der Waals surface area (Å²) in [6.07, 6.45) is 3.95. The summed E-state index contributed by atoms with van der Waals surface area (Å²) in [5.74, 6) is -5.74. The molecule has 1 aromatic carbocycles. The molecule has 6 heterocycles. The molecule has 3 saturated heterocycles. The molecule has 2 bridgehead atoms. The van der Waals surface area contributed by atoms with Gasteiger partial charge in [0, 0.05) is 58.8 Å². The first-order chi connectivity index (χ1) is 27.3. The van der Waals surface area contributed by atoms with Gasteiger partial charge in [0.15, 0.2) is 22.3 Å². The number of thioether (sulfide) groups is 1. The molecule has 3 atom stereocenters. The number of oxime groups is 1. The average molecular weight is 838 g/mol. The van der Waals surface area contributed by atoms with E-state index in [1.165, 1.54) is 54.2 Å². The van der Waals surface area contributed by atoms with Gasteiger partial charge in [-0.3, -0.25) is 24.1 Å². The number of anilines is 1. The predicted molar refractivity (Wildman–Crippen MR) is 212 cm³/mol. The van der Waals surface area contributed by atoms with Crippen LogP contribution < -0.4 is 21.8 Å². The predicted octanol–water partition coefficient (Wildman–Crippen LogP) is 1.37. The number of piperidine rings is 1. The Balaban J connectivity index is 1.05. The van der Waals surface area contributed by atoms with E-state index in [1.54, 1.807) is 0 Å². The molecule has 21 heteroatoms. The Hall–Kier alpha value is -5.93. The number of hydrogen-bond donors (Lipinski definition) is 8. The summed E-state index contributed by atoms with van der Waals surface area (Å²) in [6.45, 7) is 10.6. The molecule has 306 valence electrons. The maximum atomic E-state index is 13.7. The molecule has 7 rings (SSSR count). The number of carbonyl (C=O) groups is 5. The van der Waals surface area contributed by atoms with Crippen LogP contribution in [-0.2, 0) is 24.0 Å². The smallest absolute Gasteiger partial charge is 0.352 e. The SMILES string of the molecule is C=Cc1c(O)c(O)cc2[nH]cc(C(=O)NCC34CC[N+](CC5=C(C(=O)O)N6C(=O)[C@@H](NC(=O)/C(=N\OC(C)(C)C(=O)O)c7csc(N)n7)[C@H]6S[C@H]5C)(CC3)C4)c(=O)c12. The number of thiazole rings is 1. The second-order valence-corrected chi connectivity index (χ2v) is 17.9. The van der Waals surface area contributed by atoms with Crippen molar-refractivity contribution in [1.29, 1.82) is 0 Å². The number of carboxylic acids is 2. The van der Waals surface area contributed by atoms with Gasteiger partial charge in [0.1, 0.15) is 34.9 Å². The van der Waals surface area contributed by atoms with Crippen molar-refractivity contribution in [3.8, 4) is 11.5 Å².